The number of aromatic nitrogens is 2. The van der Waals surface area contributed by atoms with Crippen molar-refractivity contribution in [2.75, 3.05) is 37.5 Å². The number of anilines is 2. The van der Waals surface area contributed by atoms with Crippen LogP contribution in [0.5, 0.6) is 5.75 Å². The van der Waals surface area contributed by atoms with Gasteiger partial charge in [-0.2, -0.15) is 5.10 Å². The van der Waals surface area contributed by atoms with Gasteiger partial charge in [0, 0.05) is 30.4 Å². The van der Waals surface area contributed by atoms with Gasteiger partial charge in [-0.1, -0.05) is 11.6 Å². The fourth-order valence-corrected chi connectivity index (χ4v) is 3.65. The van der Waals surface area contributed by atoms with E-state index < -0.39 is 0 Å². The van der Waals surface area contributed by atoms with Crippen LogP contribution in [0.25, 0.3) is 0 Å². The van der Waals surface area contributed by atoms with Gasteiger partial charge >= 0.3 is 0 Å². The van der Waals surface area contributed by atoms with Crippen molar-refractivity contribution in [3.05, 3.63) is 41.6 Å². The zero-order chi connectivity index (χ0) is 20.1. The molecule has 0 saturated carbocycles. The summed E-state index contributed by atoms with van der Waals surface area (Å²) in [7, 11) is 3.53. The summed E-state index contributed by atoms with van der Waals surface area (Å²) in [5.41, 5.74) is 0.572. The lowest BCUT2D eigenvalue weighted by atomic mass is 10.1. The van der Waals surface area contributed by atoms with E-state index in [2.05, 4.69) is 25.3 Å². The summed E-state index contributed by atoms with van der Waals surface area (Å²) in [5.74, 6) is 1.36. The minimum atomic E-state index is -0.312. The molecule has 1 aliphatic heterocycles. The van der Waals surface area contributed by atoms with Crippen LogP contribution in [0.3, 0.4) is 0 Å². The molecular formula is C20H26ClN5O2. The molecule has 0 bridgehead atoms. The number of carbonyl (C=O) groups is 1. The first-order valence-corrected chi connectivity index (χ1v) is 9.76. The molecule has 1 N–H and O–H groups in total. The zero-order valence-electron chi connectivity index (χ0n) is 16.4. The largest absolute Gasteiger partial charge is 0.495 e. The third-order valence-corrected chi connectivity index (χ3v) is 5.42. The Balaban J connectivity index is 1.63. The summed E-state index contributed by atoms with van der Waals surface area (Å²) in [4.78, 5) is 17.1. The van der Waals surface area contributed by atoms with Crippen LogP contribution in [0.2, 0.25) is 5.02 Å². The lowest BCUT2D eigenvalue weighted by Gasteiger charge is -2.31. The van der Waals surface area contributed by atoms with Crippen molar-refractivity contribution in [2.45, 2.75) is 31.8 Å². The lowest BCUT2D eigenvalue weighted by Crippen LogP contribution is -2.46. The van der Waals surface area contributed by atoms with Crippen molar-refractivity contribution in [3.63, 3.8) is 0 Å². The number of halogens is 1. The zero-order valence-corrected chi connectivity index (χ0v) is 17.2. The highest BCUT2D eigenvalue weighted by Crippen LogP contribution is 2.28. The quantitative estimate of drug-likeness (QED) is 0.766. The molecule has 1 aliphatic rings. The molecule has 1 saturated heterocycles. The maximum Gasteiger partial charge on any atom is 0.241 e. The van der Waals surface area contributed by atoms with Crippen molar-refractivity contribution in [3.8, 4) is 5.75 Å². The maximum absolute atomic E-state index is 12.8. The molecule has 0 radical (unpaired) electrons. The van der Waals surface area contributed by atoms with Gasteiger partial charge in [0.05, 0.1) is 18.8 Å². The molecule has 2 atom stereocenters. The Kier molecular flexibility index (Phi) is 6.70. The molecule has 2 heterocycles. The Morgan fingerprint density at radius 3 is 3.00 bits per heavy atom. The van der Waals surface area contributed by atoms with Crippen molar-refractivity contribution in [1.29, 1.82) is 0 Å². The highest BCUT2D eigenvalue weighted by molar-refractivity contribution is 6.31. The van der Waals surface area contributed by atoms with Gasteiger partial charge in [-0.05, 0) is 57.1 Å². The van der Waals surface area contributed by atoms with Crippen LogP contribution in [0.15, 0.2) is 36.5 Å². The number of ether oxygens (including phenoxy) is 1. The van der Waals surface area contributed by atoms with E-state index in [9.17, 15) is 4.79 Å². The third kappa shape index (κ3) is 4.72. The number of hydrogen-bond acceptors (Lipinski definition) is 6. The van der Waals surface area contributed by atoms with Crippen molar-refractivity contribution in [1.82, 2.24) is 15.1 Å². The Labute approximate surface area is 170 Å². The van der Waals surface area contributed by atoms with Crippen LogP contribution in [0.4, 0.5) is 11.5 Å². The SMILES string of the molecule is COc1ccc(Cl)cc1NC(=O)C(C)N(C)CC1CCCN1c1cccnn1. The molecule has 3 rings (SSSR count). The maximum atomic E-state index is 12.8. The average molecular weight is 404 g/mol. The lowest BCUT2D eigenvalue weighted by molar-refractivity contribution is -0.120. The minimum Gasteiger partial charge on any atom is -0.495 e. The number of rotatable bonds is 7. The summed E-state index contributed by atoms with van der Waals surface area (Å²) in [6.45, 7) is 3.61. The fraction of sp³-hybridized carbons (Fsp3) is 0.450. The number of nitrogens with zero attached hydrogens (tertiary/aromatic N) is 4. The first kappa shape index (κ1) is 20.4. The summed E-state index contributed by atoms with van der Waals surface area (Å²) in [6.07, 6.45) is 3.85. The van der Waals surface area contributed by atoms with E-state index in [1.165, 1.54) is 0 Å². The summed E-state index contributed by atoms with van der Waals surface area (Å²) in [6, 6.07) is 9.03. The Morgan fingerprint density at radius 1 is 1.46 bits per heavy atom. The highest BCUT2D eigenvalue weighted by Gasteiger charge is 2.29. The van der Waals surface area contributed by atoms with E-state index in [1.807, 2.05) is 26.1 Å². The number of amides is 1. The van der Waals surface area contributed by atoms with Gasteiger partial charge in [-0.25, -0.2) is 0 Å². The van der Waals surface area contributed by atoms with Gasteiger partial charge in [0.2, 0.25) is 5.91 Å². The standard InChI is InChI=1S/C20H26ClN5O2/c1-14(20(27)23-17-12-15(21)8-9-18(17)28-3)25(2)13-16-6-5-11-26(16)19-7-4-10-22-24-19/h4,7-10,12,14,16H,5-6,11,13H2,1-3H3,(H,23,27). The van der Waals surface area contributed by atoms with Crippen LogP contribution < -0.4 is 15.0 Å². The van der Waals surface area contributed by atoms with Gasteiger partial charge in [-0.15, -0.1) is 5.10 Å². The van der Waals surface area contributed by atoms with Gasteiger partial charge in [0.15, 0.2) is 5.82 Å². The summed E-state index contributed by atoms with van der Waals surface area (Å²) < 4.78 is 5.31. The first-order valence-electron chi connectivity index (χ1n) is 9.38. The second-order valence-corrected chi connectivity index (χ2v) is 7.46. The first-order chi connectivity index (χ1) is 13.5. The Hall–Kier alpha value is -2.38. The third-order valence-electron chi connectivity index (χ3n) is 5.19. The number of hydrogen-bond donors (Lipinski definition) is 1. The van der Waals surface area contributed by atoms with Gasteiger partial charge in [0.1, 0.15) is 5.75 Å². The fourth-order valence-electron chi connectivity index (χ4n) is 3.48. The molecule has 1 amide bonds. The number of benzene rings is 1. The van der Waals surface area contributed by atoms with Gasteiger partial charge in [0.25, 0.3) is 0 Å². The number of carbonyl (C=O) groups excluding carboxylic acids is 1. The smallest absolute Gasteiger partial charge is 0.241 e. The van der Waals surface area contributed by atoms with Crippen molar-refractivity contribution >= 4 is 29.0 Å². The van der Waals surface area contributed by atoms with E-state index in [0.717, 1.165) is 31.7 Å². The van der Waals surface area contributed by atoms with Crippen molar-refractivity contribution < 1.29 is 9.53 Å². The van der Waals surface area contributed by atoms with E-state index in [1.54, 1.807) is 31.5 Å². The average Bonchev–Trinajstić information content (AvgIpc) is 3.16. The predicted octanol–water partition coefficient (Wildman–Crippen LogP) is 3.07. The molecule has 7 nitrogen and oxygen atoms in total. The molecule has 2 unspecified atom stereocenters. The van der Waals surface area contributed by atoms with Crippen LogP contribution in [0, 0.1) is 0 Å². The van der Waals surface area contributed by atoms with Crippen LogP contribution in [-0.4, -0.2) is 60.3 Å². The second kappa shape index (κ2) is 9.21. The summed E-state index contributed by atoms with van der Waals surface area (Å²) >= 11 is 6.05. The predicted molar refractivity (Wildman–Crippen MR) is 111 cm³/mol. The normalized spacial score (nSPS) is 17.6. The molecule has 0 spiro atoms. The van der Waals surface area contributed by atoms with Gasteiger partial charge in [-0.3, -0.25) is 9.69 Å². The van der Waals surface area contributed by atoms with Gasteiger partial charge < -0.3 is 15.0 Å². The molecule has 1 aromatic heterocycles. The van der Waals surface area contributed by atoms with Crippen molar-refractivity contribution in [2.24, 2.45) is 0 Å². The molecule has 0 aliphatic carbocycles. The number of methoxy groups -OCH3 is 1. The van der Waals surface area contributed by atoms with E-state index >= 15 is 0 Å². The molecule has 150 valence electrons. The molecule has 28 heavy (non-hydrogen) atoms. The minimum absolute atomic E-state index is 0.105. The monoisotopic (exact) mass is 403 g/mol. The molecule has 1 aromatic carbocycles. The van der Waals surface area contributed by atoms with Crippen LogP contribution in [0.1, 0.15) is 19.8 Å². The summed E-state index contributed by atoms with van der Waals surface area (Å²) in [5, 5.41) is 11.7. The highest BCUT2D eigenvalue weighted by atomic mass is 35.5. The van der Waals surface area contributed by atoms with Crippen LogP contribution >= 0.6 is 11.6 Å². The molecule has 1 fully saturated rings. The molecular weight excluding hydrogens is 378 g/mol. The topological polar surface area (TPSA) is 70.6 Å². The molecule has 2 aromatic rings. The van der Waals surface area contributed by atoms with Crippen LogP contribution in [-0.2, 0) is 4.79 Å². The van der Waals surface area contributed by atoms with E-state index in [-0.39, 0.29) is 11.9 Å². The van der Waals surface area contributed by atoms with E-state index in [0.29, 0.717) is 22.5 Å². The molecule has 8 heteroatoms. The Bertz CT molecular complexity index is 804. The van der Waals surface area contributed by atoms with E-state index in [4.69, 9.17) is 16.3 Å². The number of nitrogens with one attached hydrogen (secondary N) is 1. The Morgan fingerprint density at radius 2 is 2.29 bits per heavy atom. The number of likely N-dealkylation sites (N-methyl/N-ethyl adjacent to an activating group) is 1. The second-order valence-electron chi connectivity index (χ2n) is 7.02.